The normalized spacial score (nSPS) is 15.4. The maximum absolute atomic E-state index is 12.5. The number of thiophene rings is 1. The highest BCUT2D eigenvalue weighted by Gasteiger charge is 2.27. The largest absolute Gasteiger partial charge is 0.343 e. The number of nitrogens with zero attached hydrogens (tertiary/aromatic N) is 2. The van der Waals surface area contributed by atoms with Crippen molar-refractivity contribution in [3.63, 3.8) is 0 Å². The first-order chi connectivity index (χ1) is 13.6. The van der Waals surface area contributed by atoms with E-state index in [0.29, 0.717) is 10.8 Å². The smallest absolute Gasteiger partial charge is 0.265 e. The van der Waals surface area contributed by atoms with E-state index in [1.54, 1.807) is 0 Å². The van der Waals surface area contributed by atoms with Gasteiger partial charge >= 0.3 is 0 Å². The van der Waals surface area contributed by atoms with Gasteiger partial charge in [-0.3, -0.25) is 14.5 Å². The van der Waals surface area contributed by atoms with Crippen molar-refractivity contribution in [2.75, 3.05) is 31.5 Å². The van der Waals surface area contributed by atoms with Gasteiger partial charge in [-0.1, -0.05) is 18.2 Å². The molecule has 0 saturated carbocycles. The number of carbonyl (C=O) groups excluding carboxylic acids is 2. The van der Waals surface area contributed by atoms with E-state index in [9.17, 15) is 9.59 Å². The molecule has 1 aliphatic rings. The molecule has 1 fully saturated rings. The van der Waals surface area contributed by atoms with Crippen molar-refractivity contribution >= 4 is 28.8 Å². The Morgan fingerprint density at radius 2 is 1.89 bits per heavy atom. The van der Waals surface area contributed by atoms with Gasteiger partial charge in [-0.05, 0) is 68.9 Å². The quantitative estimate of drug-likeness (QED) is 0.763. The second kappa shape index (κ2) is 9.85. The van der Waals surface area contributed by atoms with Gasteiger partial charge in [0.15, 0.2) is 0 Å². The van der Waals surface area contributed by atoms with Gasteiger partial charge in [0, 0.05) is 31.2 Å². The molecule has 0 bridgehead atoms. The lowest BCUT2D eigenvalue weighted by molar-refractivity contribution is -0.136. The summed E-state index contributed by atoms with van der Waals surface area (Å²) in [7, 11) is 0. The van der Waals surface area contributed by atoms with Crippen LogP contribution in [-0.2, 0) is 11.3 Å². The highest BCUT2D eigenvalue weighted by atomic mass is 32.1. The van der Waals surface area contributed by atoms with Crippen molar-refractivity contribution in [3.8, 4) is 0 Å². The first-order valence-corrected chi connectivity index (χ1v) is 10.9. The number of amides is 2. The Labute approximate surface area is 171 Å². The number of nitrogens with one attached hydrogen (secondary N) is 1. The van der Waals surface area contributed by atoms with Crippen molar-refractivity contribution < 1.29 is 9.59 Å². The molecule has 2 amide bonds. The van der Waals surface area contributed by atoms with Gasteiger partial charge in [0.1, 0.15) is 0 Å². The van der Waals surface area contributed by atoms with Gasteiger partial charge in [-0.25, -0.2) is 0 Å². The Morgan fingerprint density at radius 3 is 2.54 bits per heavy atom. The Bertz CT molecular complexity index is 779. The summed E-state index contributed by atoms with van der Waals surface area (Å²) in [5.74, 6) is 0.401. The van der Waals surface area contributed by atoms with Gasteiger partial charge < -0.3 is 10.2 Å². The lowest BCUT2D eigenvalue weighted by Gasteiger charge is -2.33. The number of hydrogen-bond donors (Lipinski definition) is 1. The van der Waals surface area contributed by atoms with Crippen LogP contribution in [0.5, 0.6) is 0 Å². The standard InChI is InChI=1S/C22H29N3O2S/c1-3-25(4-2)22(27)18-10-12-24(13-11-18)16-17-7-5-8-19(15-17)23-21(26)20-9-6-14-28-20/h5-9,14-15,18H,3-4,10-13,16H2,1-2H3,(H,23,26). The van der Waals surface area contributed by atoms with E-state index in [4.69, 9.17) is 0 Å². The molecule has 2 aromatic rings. The van der Waals surface area contributed by atoms with Crippen LogP contribution < -0.4 is 5.32 Å². The van der Waals surface area contributed by atoms with Crippen LogP contribution in [0.25, 0.3) is 0 Å². The van der Waals surface area contributed by atoms with Gasteiger partial charge in [0.25, 0.3) is 5.91 Å². The van der Waals surface area contributed by atoms with Crippen LogP contribution in [0.1, 0.15) is 41.9 Å². The zero-order valence-electron chi connectivity index (χ0n) is 16.7. The van der Waals surface area contributed by atoms with E-state index in [-0.39, 0.29) is 11.8 Å². The predicted octanol–water partition coefficient (Wildman–Crippen LogP) is 4.08. The third kappa shape index (κ3) is 5.20. The first kappa shape index (κ1) is 20.6. The number of carbonyl (C=O) groups is 2. The second-order valence-electron chi connectivity index (χ2n) is 7.19. The molecule has 1 aromatic carbocycles. The molecule has 28 heavy (non-hydrogen) atoms. The van der Waals surface area contributed by atoms with Crippen molar-refractivity contribution in [2.45, 2.75) is 33.2 Å². The highest BCUT2D eigenvalue weighted by molar-refractivity contribution is 7.12. The molecule has 2 heterocycles. The lowest BCUT2D eigenvalue weighted by Crippen LogP contribution is -2.42. The molecule has 0 unspecified atom stereocenters. The van der Waals surface area contributed by atoms with Crippen LogP contribution in [0.4, 0.5) is 5.69 Å². The predicted molar refractivity (Wildman–Crippen MR) is 115 cm³/mol. The summed E-state index contributed by atoms with van der Waals surface area (Å²) in [6.07, 6.45) is 1.84. The zero-order chi connectivity index (χ0) is 19.9. The number of benzene rings is 1. The Balaban J connectivity index is 1.52. The van der Waals surface area contributed by atoms with E-state index >= 15 is 0 Å². The average molecular weight is 400 g/mol. The minimum Gasteiger partial charge on any atom is -0.343 e. The van der Waals surface area contributed by atoms with Gasteiger partial charge in [-0.15, -0.1) is 11.3 Å². The van der Waals surface area contributed by atoms with Gasteiger partial charge in [-0.2, -0.15) is 0 Å². The second-order valence-corrected chi connectivity index (χ2v) is 8.14. The Kier molecular flexibility index (Phi) is 7.23. The lowest BCUT2D eigenvalue weighted by atomic mass is 9.95. The summed E-state index contributed by atoms with van der Waals surface area (Å²) in [5, 5.41) is 4.87. The summed E-state index contributed by atoms with van der Waals surface area (Å²) in [6.45, 7) is 8.38. The molecule has 1 saturated heterocycles. The summed E-state index contributed by atoms with van der Waals surface area (Å²) in [6, 6.07) is 11.7. The maximum atomic E-state index is 12.5. The fourth-order valence-electron chi connectivity index (χ4n) is 3.74. The summed E-state index contributed by atoms with van der Waals surface area (Å²) in [5.41, 5.74) is 2.00. The fraction of sp³-hybridized carbons (Fsp3) is 0.455. The van der Waals surface area contributed by atoms with Crippen LogP contribution in [0, 0.1) is 5.92 Å². The molecule has 1 N–H and O–H groups in total. The molecule has 1 aliphatic heterocycles. The SMILES string of the molecule is CCN(CC)C(=O)C1CCN(Cc2cccc(NC(=O)c3cccs3)c2)CC1. The first-order valence-electron chi connectivity index (χ1n) is 10.1. The van der Waals surface area contributed by atoms with Crippen molar-refractivity contribution in [2.24, 2.45) is 5.92 Å². The van der Waals surface area contributed by atoms with Crippen LogP contribution in [0.3, 0.4) is 0 Å². The molecule has 0 spiro atoms. The topological polar surface area (TPSA) is 52.7 Å². The van der Waals surface area contributed by atoms with Crippen LogP contribution in [-0.4, -0.2) is 47.8 Å². The molecule has 0 aliphatic carbocycles. The van der Waals surface area contributed by atoms with E-state index in [0.717, 1.165) is 51.3 Å². The molecule has 5 nitrogen and oxygen atoms in total. The van der Waals surface area contributed by atoms with Crippen molar-refractivity contribution in [1.29, 1.82) is 0 Å². The summed E-state index contributed by atoms with van der Waals surface area (Å²) >= 11 is 1.44. The van der Waals surface area contributed by atoms with E-state index in [1.807, 2.05) is 54.5 Å². The number of piperidine rings is 1. The zero-order valence-corrected chi connectivity index (χ0v) is 17.5. The summed E-state index contributed by atoms with van der Waals surface area (Å²) in [4.78, 5) is 29.8. The molecule has 6 heteroatoms. The third-order valence-electron chi connectivity index (χ3n) is 5.35. The molecule has 0 atom stereocenters. The molecular formula is C22H29N3O2S. The summed E-state index contributed by atoms with van der Waals surface area (Å²) < 4.78 is 0. The minimum atomic E-state index is -0.0668. The monoisotopic (exact) mass is 399 g/mol. The maximum Gasteiger partial charge on any atom is 0.265 e. The van der Waals surface area contributed by atoms with Crippen molar-refractivity contribution in [1.82, 2.24) is 9.80 Å². The van der Waals surface area contributed by atoms with E-state index in [2.05, 4.69) is 16.3 Å². The molecule has 0 radical (unpaired) electrons. The third-order valence-corrected chi connectivity index (χ3v) is 6.22. The highest BCUT2D eigenvalue weighted by Crippen LogP contribution is 2.22. The molecular weight excluding hydrogens is 370 g/mol. The Hall–Kier alpha value is -2.18. The van der Waals surface area contributed by atoms with E-state index < -0.39 is 0 Å². The van der Waals surface area contributed by atoms with E-state index in [1.165, 1.54) is 16.9 Å². The fourth-order valence-corrected chi connectivity index (χ4v) is 4.36. The number of likely N-dealkylation sites (tertiary alicyclic amines) is 1. The van der Waals surface area contributed by atoms with Crippen molar-refractivity contribution in [3.05, 3.63) is 52.2 Å². The van der Waals surface area contributed by atoms with Crippen LogP contribution in [0.2, 0.25) is 0 Å². The van der Waals surface area contributed by atoms with Gasteiger partial charge in [0.2, 0.25) is 5.91 Å². The number of rotatable bonds is 7. The molecule has 1 aromatic heterocycles. The molecule has 3 rings (SSSR count). The van der Waals surface area contributed by atoms with Gasteiger partial charge in [0.05, 0.1) is 4.88 Å². The Morgan fingerprint density at radius 1 is 1.14 bits per heavy atom. The average Bonchev–Trinajstić information content (AvgIpc) is 3.25. The number of anilines is 1. The van der Waals surface area contributed by atoms with Crippen LogP contribution in [0.15, 0.2) is 41.8 Å². The van der Waals surface area contributed by atoms with Crippen LogP contribution >= 0.6 is 11.3 Å². The minimum absolute atomic E-state index is 0.0668. The molecule has 150 valence electrons. The number of hydrogen-bond acceptors (Lipinski definition) is 4.